The predicted molar refractivity (Wildman–Crippen MR) is 113 cm³/mol. The van der Waals surface area contributed by atoms with E-state index < -0.39 is 11.3 Å². The third-order valence-electron chi connectivity index (χ3n) is 5.95. The van der Waals surface area contributed by atoms with Gasteiger partial charge >= 0.3 is 0 Å². The molecular weight excluding hydrogens is 386 g/mol. The predicted octanol–water partition coefficient (Wildman–Crippen LogP) is 1.20. The normalized spacial score (nSPS) is 20.7. The number of amides is 3. The number of nitrogens with one attached hydrogen (secondary N) is 3. The standard InChI is InChI=1S/C21H22BFN4O3/c1-24-13-5-6-16(23)12(9-13)10-25-17-4-2-3-14-15(17)11-27(19(14)29)21(22)8-7-18(28)26-20(21)30/h2-6,9,24-25H,7-8,10-11,22H2,1H3,(H,26,28,30). The Hall–Kier alpha value is -3.36. The Kier molecular flexibility index (Phi) is 4.97. The number of piperidine rings is 1. The zero-order valence-electron chi connectivity index (χ0n) is 16.8. The lowest BCUT2D eigenvalue weighted by Crippen LogP contribution is -2.63. The van der Waals surface area contributed by atoms with Crippen molar-refractivity contribution in [2.24, 2.45) is 0 Å². The quantitative estimate of drug-likeness (QED) is 0.511. The van der Waals surface area contributed by atoms with Crippen LogP contribution in [0.25, 0.3) is 0 Å². The van der Waals surface area contributed by atoms with Crippen LogP contribution in [0.2, 0.25) is 0 Å². The van der Waals surface area contributed by atoms with Crippen LogP contribution in [0.3, 0.4) is 0 Å². The minimum absolute atomic E-state index is 0.189. The fourth-order valence-electron chi connectivity index (χ4n) is 4.01. The molecule has 1 fully saturated rings. The molecule has 0 aromatic heterocycles. The van der Waals surface area contributed by atoms with Gasteiger partial charge in [0.25, 0.3) is 5.91 Å². The molecule has 3 N–H and O–H groups in total. The van der Waals surface area contributed by atoms with Crippen LogP contribution in [-0.4, -0.2) is 43.0 Å². The van der Waals surface area contributed by atoms with Crippen LogP contribution < -0.4 is 16.0 Å². The molecule has 30 heavy (non-hydrogen) atoms. The van der Waals surface area contributed by atoms with E-state index in [1.54, 1.807) is 39.2 Å². The van der Waals surface area contributed by atoms with Crippen molar-refractivity contribution in [1.29, 1.82) is 0 Å². The van der Waals surface area contributed by atoms with Gasteiger partial charge in [0, 0.05) is 54.6 Å². The number of carbonyl (C=O) groups is 3. The lowest BCUT2D eigenvalue weighted by molar-refractivity contribution is -0.138. The minimum atomic E-state index is -1.09. The monoisotopic (exact) mass is 408 g/mol. The van der Waals surface area contributed by atoms with E-state index in [0.717, 1.165) is 11.3 Å². The molecule has 0 saturated carbocycles. The third kappa shape index (κ3) is 3.30. The highest BCUT2D eigenvalue weighted by atomic mass is 19.1. The molecule has 1 atom stereocenters. The van der Waals surface area contributed by atoms with E-state index in [-0.39, 0.29) is 43.6 Å². The molecule has 0 spiro atoms. The average molecular weight is 408 g/mol. The molecule has 7 nitrogen and oxygen atoms in total. The number of benzene rings is 2. The van der Waals surface area contributed by atoms with Crippen molar-refractivity contribution in [2.75, 3.05) is 17.7 Å². The zero-order valence-corrected chi connectivity index (χ0v) is 16.8. The number of imide groups is 1. The summed E-state index contributed by atoms with van der Waals surface area (Å²) in [5, 5.41) is 8.55. The number of hydrogen-bond acceptors (Lipinski definition) is 5. The van der Waals surface area contributed by atoms with Crippen LogP contribution in [0.5, 0.6) is 0 Å². The van der Waals surface area contributed by atoms with Crippen molar-refractivity contribution < 1.29 is 18.8 Å². The summed E-state index contributed by atoms with van der Waals surface area (Å²) >= 11 is 0. The number of nitrogens with zero attached hydrogens (tertiary/aromatic N) is 1. The van der Waals surface area contributed by atoms with E-state index in [1.165, 1.54) is 11.0 Å². The summed E-state index contributed by atoms with van der Waals surface area (Å²) < 4.78 is 14.2. The van der Waals surface area contributed by atoms with Gasteiger partial charge < -0.3 is 15.5 Å². The van der Waals surface area contributed by atoms with Gasteiger partial charge in [-0.2, -0.15) is 0 Å². The number of anilines is 2. The Morgan fingerprint density at radius 2 is 2.03 bits per heavy atom. The van der Waals surface area contributed by atoms with Gasteiger partial charge in [-0.05, 0) is 36.8 Å². The average Bonchev–Trinajstić information content (AvgIpc) is 3.08. The lowest BCUT2D eigenvalue weighted by atomic mass is 9.70. The highest BCUT2D eigenvalue weighted by Crippen LogP contribution is 2.36. The molecule has 0 aliphatic carbocycles. The molecule has 2 aliphatic rings. The molecule has 2 aromatic carbocycles. The summed E-state index contributed by atoms with van der Waals surface area (Å²) in [4.78, 5) is 38.6. The van der Waals surface area contributed by atoms with Crippen molar-refractivity contribution in [3.8, 4) is 0 Å². The van der Waals surface area contributed by atoms with E-state index in [2.05, 4.69) is 16.0 Å². The van der Waals surface area contributed by atoms with Crippen molar-refractivity contribution in [1.82, 2.24) is 10.2 Å². The molecule has 3 amide bonds. The van der Waals surface area contributed by atoms with Gasteiger partial charge in [0.1, 0.15) is 13.7 Å². The van der Waals surface area contributed by atoms with E-state index in [0.29, 0.717) is 16.8 Å². The van der Waals surface area contributed by atoms with Gasteiger partial charge in [0.05, 0.1) is 5.44 Å². The second kappa shape index (κ2) is 7.48. The summed E-state index contributed by atoms with van der Waals surface area (Å²) in [6.45, 7) is 0.493. The second-order valence-corrected chi connectivity index (χ2v) is 7.78. The van der Waals surface area contributed by atoms with E-state index >= 15 is 0 Å². The van der Waals surface area contributed by atoms with E-state index in [9.17, 15) is 18.8 Å². The van der Waals surface area contributed by atoms with Gasteiger partial charge in [-0.3, -0.25) is 19.7 Å². The first-order valence-corrected chi connectivity index (χ1v) is 9.81. The number of halogens is 1. The van der Waals surface area contributed by atoms with Crippen molar-refractivity contribution in [3.05, 3.63) is 58.9 Å². The first-order chi connectivity index (χ1) is 14.3. The Morgan fingerprint density at radius 1 is 1.23 bits per heavy atom. The van der Waals surface area contributed by atoms with E-state index in [4.69, 9.17) is 0 Å². The fourth-order valence-corrected chi connectivity index (χ4v) is 4.01. The summed E-state index contributed by atoms with van der Waals surface area (Å²) in [7, 11) is 3.45. The topological polar surface area (TPSA) is 90.5 Å². The van der Waals surface area contributed by atoms with Crippen molar-refractivity contribution in [2.45, 2.75) is 31.4 Å². The molecule has 2 heterocycles. The zero-order chi connectivity index (χ0) is 21.5. The molecule has 4 rings (SSSR count). The highest BCUT2D eigenvalue weighted by molar-refractivity contribution is 6.32. The van der Waals surface area contributed by atoms with E-state index in [1.807, 2.05) is 6.07 Å². The summed E-state index contributed by atoms with van der Waals surface area (Å²) in [5.41, 5.74) is 2.20. The highest BCUT2D eigenvalue weighted by Gasteiger charge is 2.48. The molecule has 9 heteroatoms. The molecule has 1 saturated heterocycles. The van der Waals surface area contributed by atoms with Gasteiger partial charge in [-0.25, -0.2) is 4.39 Å². The SMILES string of the molecule is BC1(N2Cc3c(NCc4cc(NC)ccc4F)cccc3C2=O)CCC(=O)NC1=O. The van der Waals surface area contributed by atoms with Crippen molar-refractivity contribution in [3.63, 3.8) is 0 Å². The molecule has 154 valence electrons. The largest absolute Gasteiger partial charge is 0.388 e. The first-order valence-electron chi connectivity index (χ1n) is 9.81. The second-order valence-electron chi connectivity index (χ2n) is 7.78. The van der Waals surface area contributed by atoms with Gasteiger partial charge in [-0.15, -0.1) is 0 Å². The Morgan fingerprint density at radius 3 is 2.77 bits per heavy atom. The summed E-state index contributed by atoms with van der Waals surface area (Å²) in [6.07, 6.45) is 0.469. The molecule has 0 bridgehead atoms. The maximum absolute atomic E-state index is 14.2. The van der Waals surface area contributed by atoms with Crippen LogP contribution in [0.15, 0.2) is 36.4 Å². The minimum Gasteiger partial charge on any atom is -0.388 e. The van der Waals surface area contributed by atoms with Crippen LogP contribution >= 0.6 is 0 Å². The van der Waals surface area contributed by atoms with Crippen LogP contribution in [0.4, 0.5) is 15.8 Å². The number of rotatable bonds is 5. The number of hydrogen-bond donors (Lipinski definition) is 3. The summed E-state index contributed by atoms with van der Waals surface area (Å²) in [5.74, 6) is -1.35. The Balaban J connectivity index is 1.58. The Bertz CT molecular complexity index is 1060. The van der Waals surface area contributed by atoms with Gasteiger partial charge in [-0.1, -0.05) is 6.07 Å². The smallest absolute Gasteiger partial charge is 0.254 e. The summed E-state index contributed by atoms with van der Waals surface area (Å²) in [6, 6.07) is 10.1. The molecule has 2 aliphatic heterocycles. The maximum Gasteiger partial charge on any atom is 0.254 e. The molecular formula is C21H22BFN4O3. The maximum atomic E-state index is 14.2. The first kappa shape index (κ1) is 19.9. The number of fused-ring (bicyclic) bond motifs is 1. The van der Waals surface area contributed by atoms with Crippen molar-refractivity contribution >= 4 is 36.9 Å². The number of carbonyl (C=O) groups excluding carboxylic acids is 3. The molecule has 1 unspecified atom stereocenters. The lowest BCUT2D eigenvalue weighted by Gasteiger charge is -2.40. The molecule has 2 aromatic rings. The Labute approximate surface area is 174 Å². The third-order valence-corrected chi connectivity index (χ3v) is 5.95. The van der Waals surface area contributed by atoms with Crippen LogP contribution in [0, 0.1) is 5.82 Å². The van der Waals surface area contributed by atoms with Crippen LogP contribution in [0.1, 0.15) is 34.3 Å². The van der Waals surface area contributed by atoms with Crippen LogP contribution in [-0.2, 0) is 22.7 Å². The fraction of sp³-hybridized carbons (Fsp3) is 0.286. The van der Waals surface area contributed by atoms with Gasteiger partial charge in [0.2, 0.25) is 11.8 Å². The van der Waals surface area contributed by atoms with Gasteiger partial charge in [0.15, 0.2) is 0 Å². The molecule has 0 radical (unpaired) electrons.